The summed E-state index contributed by atoms with van der Waals surface area (Å²) in [7, 11) is 1.66. The number of hydrogen-bond donors (Lipinski definition) is 1. The van der Waals surface area contributed by atoms with E-state index in [1.807, 2.05) is 61.5 Å². The van der Waals surface area contributed by atoms with Gasteiger partial charge in [0.25, 0.3) is 5.56 Å². The van der Waals surface area contributed by atoms with Crippen LogP contribution in [0, 0.1) is 3.95 Å². The summed E-state index contributed by atoms with van der Waals surface area (Å²) in [5.41, 5.74) is 3.08. The highest BCUT2D eigenvalue weighted by Gasteiger charge is 2.17. The number of amides is 1. The molecule has 4 rings (SSSR count). The van der Waals surface area contributed by atoms with Crippen LogP contribution in [0.4, 0.5) is 5.69 Å². The van der Waals surface area contributed by atoms with Crippen molar-refractivity contribution in [1.29, 1.82) is 0 Å². The van der Waals surface area contributed by atoms with Crippen LogP contribution in [0.1, 0.15) is 12.5 Å². The molecule has 0 aliphatic carbocycles. The van der Waals surface area contributed by atoms with Crippen molar-refractivity contribution < 1.29 is 4.79 Å². The monoisotopic (exact) mass is 468 g/mol. The predicted octanol–water partition coefficient (Wildman–Crippen LogP) is 4.81. The van der Waals surface area contributed by atoms with Gasteiger partial charge in [-0.3, -0.25) is 18.7 Å². The number of benzene rings is 2. The fourth-order valence-corrected chi connectivity index (χ4v) is 5.32. The molecule has 0 atom stereocenters. The molecule has 0 aliphatic rings. The number of fused-ring (bicyclic) bond motifs is 1. The standard InChI is InChI=1S/C22H20N4O2S3/c1-3-14-9-7-8-12-16(14)23-17(27)13-30-21-24-19-18(20(28)25(21)2)31-22(29)26(19)15-10-5-4-6-11-15/h4-12H,3,13H2,1-2H3,(H,23,27). The van der Waals surface area contributed by atoms with Crippen molar-refractivity contribution in [2.45, 2.75) is 18.5 Å². The van der Waals surface area contributed by atoms with Crippen LogP contribution in [0.3, 0.4) is 0 Å². The summed E-state index contributed by atoms with van der Waals surface area (Å²) in [6, 6.07) is 17.3. The van der Waals surface area contributed by atoms with Gasteiger partial charge in [0, 0.05) is 18.4 Å². The first kappa shape index (κ1) is 21.5. The molecular formula is C22H20N4O2S3. The van der Waals surface area contributed by atoms with E-state index in [1.165, 1.54) is 27.7 Å². The zero-order chi connectivity index (χ0) is 22.0. The largest absolute Gasteiger partial charge is 0.325 e. The zero-order valence-corrected chi connectivity index (χ0v) is 19.4. The Labute approximate surface area is 192 Å². The van der Waals surface area contributed by atoms with Gasteiger partial charge in [0.15, 0.2) is 14.8 Å². The number of nitrogens with zero attached hydrogens (tertiary/aromatic N) is 3. The smallest absolute Gasteiger partial charge is 0.273 e. The highest BCUT2D eigenvalue weighted by atomic mass is 32.2. The molecule has 6 nitrogen and oxygen atoms in total. The summed E-state index contributed by atoms with van der Waals surface area (Å²) in [6.45, 7) is 2.05. The number of carbonyl (C=O) groups excluding carboxylic acids is 1. The number of rotatable bonds is 6. The highest BCUT2D eigenvalue weighted by molar-refractivity contribution is 7.99. The van der Waals surface area contributed by atoms with Crippen molar-refractivity contribution in [2.75, 3.05) is 11.1 Å². The molecule has 0 fully saturated rings. The van der Waals surface area contributed by atoms with Crippen LogP contribution in [0.15, 0.2) is 64.5 Å². The summed E-state index contributed by atoms with van der Waals surface area (Å²) in [5, 5.41) is 3.42. The van der Waals surface area contributed by atoms with Gasteiger partial charge < -0.3 is 5.32 Å². The lowest BCUT2D eigenvalue weighted by Gasteiger charge is -2.11. The van der Waals surface area contributed by atoms with Gasteiger partial charge in [0.1, 0.15) is 4.70 Å². The molecule has 31 heavy (non-hydrogen) atoms. The van der Waals surface area contributed by atoms with E-state index in [2.05, 4.69) is 5.32 Å². The third-order valence-corrected chi connectivity index (χ3v) is 7.17. The van der Waals surface area contributed by atoms with E-state index in [0.717, 1.165) is 23.4 Å². The molecule has 0 unspecified atom stereocenters. The molecule has 0 saturated carbocycles. The number of hydrogen-bond acceptors (Lipinski definition) is 6. The first-order valence-corrected chi connectivity index (χ1v) is 11.9. The number of anilines is 1. The van der Waals surface area contributed by atoms with E-state index in [9.17, 15) is 9.59 Å². The van der Waals surface area contributed by atoms with Crippen molar-refractivity contribution in [2.24, 2.45) is 7.05 Å². The average molecular weight is 469 g/mol. The molecule has 0 aliphatic heterocycles. The summed E-state index contributed by atoms with van der Waals surface area (Å²) in [4.78, 5) is 30.2. The van der Waals surface area contributed by atoms with E-state index < -0.39 is 0 Å². The quantitative estimate of drug-likeness (QED) is 0.250. The second-order valence-electron chi connectivity index (χ2n) is 6.80. The third kappa shape index (κ3) is 4.34. The van der Waals surface area contributed by atoms with Crippen molar-refractivity contribution in [3.8, 4) is 5.69 Å². The molecule has 0 radical (unpaired) electrons. The topological polar surface area (TPSA) is 68.9 Å². The molecule has 1 N–H and O–H groups in total. The fourth-order valence-electron chi connectivity index (χ4n) is 3.21. The van der Waals surface area contributed by atoms with Gasteiger partial charge in [-0.25, -0.2) is 4.98 Å². The van der Waals surface area contributed by atoms with Crippen LogP contribution < -0.4 is 10.9 Å². The lowest BCUT2D eigenvalue weighted by molar-refractivity contribution is -0.113. The van der Waals surface area contributed by atoms with Gasteiger partial charge in [-0.2, -0.15) is 0 Å². The first-order valence-electron chi connectivity index (χ1n) is 9.68. The van der Waals surface area contributed by atoms with Gasteiger partial charge in [-0.05, 0) is 42.4 Å². The molecule has 9 heteroatoms. The number of para-hydroxylation sites is 2. The molecule has 2 aromatic heterocycles. The second kappa shape index (κ2) is 9.17. The Bertz CT molecular complexity index is 1370. The van der Waals surface area contributed by atoms with Crippen molar-refractivity contribution in [3.63, 3.8) is 0 Å². The molecule has 2 heterocycles. The molecule has 0 saturated heterocycles. The third-order valence-electron chi connectivity index (χ3n) is 4.79. The zero-order valence-electron chi connectivity index (χ0n) is 17.0. The van der Waals surface area contributed by atoms with Gasteiger partial charge >= 0.3 is 0 Å². The Morgan fingerprint density at radius 2 is 1.87 bits per heavy atom. The van der Waals surface area contributed by atoms with E-state index in [0.29, 0.717) is 19.5 Å². The number of nitrogens with one attached hydrogen (secondary N) is 1. The number of thioether (sulfide) groups is 1. The van der Waals surface area contributed by atoms with Gasteiger partial charge in [-0.15, -0.1) is 0 Å². The molecule has 1 amide bonds. The Morgan fingerprint density at radius 1 is 1.16 bits per heavy atom. The Balaban J connectivity index is 1.64. The fraction of sp³-hybridized carbons (Fsp3) is 0.182. The molecular weight excluding hydrogens is 448 g/mol. The molecule has 0 bridgehead atoms. The Morgan fingerprint density at radius 3 is 2.61 bits per heavy atom. The van der Waals surface area contributed by atoms with Gasteiger partial charge in [-0.1, -0.05) is 66.4 Å². The summed E-state index contributed by atoms with van der Waals surface area (Å²) < 4.78 is 4.34. The number of aryl methyl sites for hydroxylation is 1. The van der Waals surface area contributed by atoms with Crippen LogP contribution in [0.5, 0.6) is 0 Å². The van der Waals surface area contributed by atoms with Crippen molar-refractivity contribution in [3.05, 3.63) is 74.5 Å². The summed E-state index contributed by atoms with van der Waals surface area (Å²) >= 11 is 7.98. The predicted molar refractivity (Wildman–Crippen MR) is 130 cm³/mol. The molecule has 158 valence electrons. The minimum Gasteiger partial charge on any atom is -0.325 e. The first-order chi connectivity index (χ1) is 15.0. The van der Waals surface area contributed by atoms with Crippen molar-refractivity contribution in [1.82, 2.24) is 14.1 Å². The number of carbonyl (C=O) groups is 1. The maximum Gasteiger partial charge on any atom is 0.273 e. The van der Waals surface area contributed by atoms with Crippen LogP contribution in [-0.2, 0) is 18.3 Å². The minimum atomic E-state index is -0.171. The Kier molecular flexibility index (Phi) is 6.35. The second-order valence-corrected chi connectivity index (χ2v) is 9.38. The molecule has 4 aromatic rings. The lowest BCUT2D eigenvalue weighted by Crippen LogP contribution is -2.21. The van der Waals surface area contributed by atoms with Crippen LogP contribution in [0.25, 0.3) is 16.0 Å². The molecule has 0 spiro atoms. The van der Waals surface area contributed by atoms with Gasteiger partial charge in [0.2, 0.25) is 5.91 Å². The summed E-state index contributed by atoms with van der Waals surface area (Å²) in [5.74, 6) is -0.00879. The minimum absolute atomic E-state index is 0.139. The molecule has 2 aromatic carbocycles. The van der Waals surface area contributed by atoms with E-state index in [4.69, 9.17) is 17.2 Å². The maximum absolute atomic E-state index is 12.9. The average Bonchev–Trinajstić information content (AvgIpc) is 3.12. The number of aromatic nitrogens is 3. The van der Waals surface area contributed by atoms with Gasteiger partial charge in [0.05, 0.1) is 5.75 Å². The SMILES string of the molecule is CCc1ccccc1NC(=O)CSc1nc2c(sc(=S)n2-c2ccccc2)c(=O)n1C. The normalized spacial score (nSPS) is 11.0. The lowest BCUT2D eigenvalue weighted by atomic mass is 10.1. The maximum atomic E-state index is 12.9. The highest BCUT2D eigenvalue weighted by Crippen LogP contribution is 2.25. The van der Waals surface area contributed by atoms with E-state index >= 15 is 0 Å². The summed E-state index contributed by atoms with van der Waals surface area (Å²) in [6.07, 6.45) is 0.831. The van der Waals surface area contributed by atoms with E-state index in [1.54, 1.807) is 11.6 Å². The van der Waals surface area contributed by atoms with E-state index in [-0.39, 0.29) is 17.2 Å². The Hall–Kier alpha value is -2.75. The number of thiazole rings is 1. The van der Waals surface area contributed by atoms with Crippen LogP contribution in [-0.4, -0.2) is 25.8 Å². The van der Waals surface area contributed by atoms with Crippen LogP contribution in [0.2, 0.25) is 0 Å². The van der Waals surface area contributed by atoms with Crippen LogP contribution >= 0.6 is 35.3 Å². The van der Waals surface area contributed by atoms with Crippen molar-refractivity contribution >= 4 is 57.3 Å².